The zero-order valence-corrected chi connectivity index (χ0v) is 20.4. The molecule has 37 heavy (non-hydrogen) atoms. The Morgan fingerprint density at radius 3 is 2.43 bits per heavy atom. The predicted molar refractivity (Wildman–Crippen MR) is 127 cm³/mol. The van der Waals surface area contributed by atoms with Gasteiger partial charge in [-0.05, 0) is 37.1 Å². The van der Waals surface area contributed by atoms with Crippen LogP contribution < -0.4 is 15.6 Å². The van der Waals surface area contributed by atoms with Crippen molar-refractivity contribution in [3.63, 3.8) is 0 Å². The molecule has 2 aliphatic rings. The fourth-order valence-electron chi connectivity index (χ4n) is 4.02. The van der Waals surface area contributed by atoms with Gasteiger partial charge in [0.2, 0.25) is 17.7 Å². The lowest BCUT2D eigenvalue weighted by atomic mass is 10.1. The molecular formula is C23H28N6O8. The molecule has 2 aliphatic heterocycles. The second-order valence-electron chi connectivity index (χ2n) is 8.62. The van der Waals surface area contributed by atoms with Gasteiger partial charge >= 0.3 is 12.0 Å². The normalized spacial score (nSPS) is 18.3. The van der Waals surface area contributed by atoms with Crippen molar-refractivity contribution >= 4 is 47.6 Å². The maximum absolute atomic E-state index is 13.4. The average Bonchev–Trinajstić information content (AvgIpc) is 2.99. The van der Waals surface area contributed by atoms with Crippen LogP contribution in [0, 0.1) is 0 Å². The number of anilines is 1. The van der Waals surface area contributed by atoms with Crippen LogP contribution in [0.1, 0.15) is 43.0 Å². The van der Waals surface area contributed by atoms with Crippen LogP contribution in [0.2, 0.25) is 0 Å². The first-order chi connectivity index (χ1) is 17.5. The standard InChI is InChI=1S/C23H28N6O8/c1-14(31)26(2)17-7-5-15(6-8-17)21(35)25-27-11-9-19(32)28-10-3-4-18(29(28)23(27)37)22(36)24-16(13-30)12-20(33)34/h5-8,13,16,18H,3-4,9-12H2,1-2H3,(H,24,36)(H,25,35)(H,33,34). The summed E-state index contributed by atoms with van der Waals surface area (Å²) < 4.78 is 0. The largest absolute Gasteiger partial charge is 0.481 e. The molecule has 0 saturated carbocycles. The third-order valence-electron chi connectivity index (χ3n) is 6.08. The molecule has 198 valence electrons. The van der Waals surface area contributed by atoms with Crippen molar-refractivity contribution in [2.75, 3.05) is 25.0 Å². The molecule has 14 heteroatoms. The summed E-state index contributed by atoms with van der Waals surface area (Å²) in [6.07, 6.45) is 0.0868. The van der Waals surface area contributed by atoms with Gasteiger partial charge in [-0.15, -0.1) is 0 Å². The Balaban J connectivity index is 1.78. The Labute approximate surface area is 212 Å². The Bertz CT molecular complexity index is 1110. The molecule has 0 bridgehead atoms. The van der Waals surface area contributed by atoms with Gasteiger partial charge < -0.3 is 20.1 Å². The zero-order valence-electron chi connectivity index (χ0n) is 20.4. The monoisotopic (exact) mass is 516 g/mol. The molecule has 2 saturated heterocycles. The molecule has 0 radical (unpaired) electrons. The molecule has 0 aliphatic carbocycles. The number of rotatable bonds is 8. The van der Waals surface area contributed by atoms with Crippen LogP contribution in [-0.4, -0.2) is 94.3 Å². The SMILES string of the molecule is CC(=O)N(C)c1ccc(C(=O)NN2CCC(=O)N3CCCC(C(=O)NC(C=O)CC(=O)O)N3C2=O)cc1. The van der Waals surface area contributed by atoms with E-state index in [1.165, 1.54) is 24.0 Å². The fraction of sp³-hybridized carbons (Fsp3) is 0.435. The lowest BCUT2D eigenvalue weighted by Gasteiger charge is -2.42. The van der Waals surface area contributed by atoms with Gasteiger partial charge in [-0.25, -0.2) is 19.8 Å². The Morgan fingerprint density at radius 1 is 1.16 bits per heavy atom. The number of aliphatic carboxylic acids is 1. The predicted octanol–water partition coefficient (Wildman–Crippen LogP) is -0.494. The highest BCUT2D eigenvalue weighted by molar-refractivity contribution is 5.98. The third kappa shape index (κ3) is 6.20. The van der Waals surface area contributed by atoms with Gasteiger partial charge in [0.15, 0.2) is 0 Å². The van der Waals surface area contributed by atoms with Gasteiger partial charge in [-0.1, -0.05) is 0 Å². The minimum atomic E-state index is -1.31. The number of carboxylic acids is 1. The van der Waals surface area contributed by atoms with Crippen molar-refractivity contribution in [1.29, 1.82) is 0 Å². The first-order valence-electron chi connectivity index (χ1n) is 11.6. The summed E-state index contributed by atoms with van der Waals surface area (Å²) in [4.78, 5) is 87.0. The van der Waals surface area contributed by atoms with Crippen molar-refractivity contribution in [1.82, 2.24) is 25.8 Å². The third-order valence-corrected chi connectivity index (χ3v) is 6.08. The number of nitrogens with one attached hydrogen (secondary N) is 2. The minimum Gasteiger partial charge on any atom is -0.481 e. The van der Waals surface area contributed by atoms with E-state index in [9.17, 15) is 33.6 Å². The number of fused-ring (bicyclic) bond motifs is 1. The summed E-state index contributed by atoms with van der Waals surface area (Å²) in [7, 11) is 1.58. The number of carbonyl (C=O) groups is 7. The van der Waals surface area contributed by atoms with Crippen LogP contribution >= 0.6 is 0 Å². The van der Waals surface area contributed by atoms with Crippen LogP contribution in [0.3, 0.4) is 0 Å². The molecule has 2 heterocycles. The second kappa shape index (κ2) is 11.5. The van der Waals surface area contributed by atoms with E-state index in [4.69, 9.17) is 5.11 Å². The number of carbonyl (C=O) groups excluding carboxylic acids is 6. The number of hydrogen-bond donors (Lipinski definition) is 3. The van der Waals surface area contributed by atoms with Gasteiger partial charge in [-0.3, -0.25) is 29.4 Å². The lowest BCUT2D eigenvalue weighted by molar-refractivity contribution is -0.155. The molecular weight excluding hydrogens is 488 g/mol. The number of carboxylic acid groups (broad SMARTS) is 1. The van der Waals surface area contributed by atoms with Crippen molar-refractivity contribution in [2.24, 2.45) is 0 Å². The second-order valence-corrected chi connectivity index (χ2v) is 8.62. The molecule has 1 aromatic carbocycles. The fourth-order valence-corrected chi connectivity index (χ4v) is 4.02. The van der Waals surface area contributed by atoms with Crippen LogP contribution in [0.25, 0.3) is 0 Å². The smallest absolute Gasteiger partial charge is 0.358 e. The molecule has 2 fully saturated rings. The zero-order chi connectivity index (χ0) is 27.3. The summed E-state index contributed by atoms with van der Waals surface area (Å²) in [5, 5.41) is 14.3. The number of aldehydes is 1. The van der Waals surface area contributed by atoms with E-state index in [0.717, 1.165) is 15.0 Å². The molecule has 0 aromatic heterocycles. The molecule has 0 spiro atoms. The van der Waals surface area contributed by atoms with E-state index in [-0.39, 0.29) is 43.7 Å². The number of hydrogen-bond acceptors (Lipinski definition) is 7. The molecule has 3 N–H and O–H groups in total. The number of nitrogens with zero attached hydrogens (tertiary/aromatic N) is 4. The average molecular weight is 517 g/mol. The molecule has 6 amide bonds. The van der Waals surface area contributed by atoms with Crippen molar-refractivity contribution < 1.29 is 38.7 Å². The van der Waals surface area contributed by atoms with Crippen LogP contribution in [0.4, 0.5) is 10.5 Å². The first-order valence-corrected chi connectivity index (χ1v) is 11.6. The van der Waals surface area contributed by atoms with Gasteiger partial charge in [-0.2, -0.15) is 0 Å². The number of urea groups is 1. The number of hydrazine groups is 2. The lowest BCUT2D eigenvalue weighted by Crippen LogP contribution is -2.64. The topological polar surface area (TPSA) is 177 Å². The summed E-state index contributed by atoms with van der Waals surface area (Å²) in [5.41, 5.74) is 3.22. The van der Waals surface area contributed by atoms with Gasteiger partial charge in [0.25, 0.3) is 5.91 Å². The van der Waals surface area contributed by atoms with Gasteiger partial charge in [0.1, 0.15) is 12.3 Å². The van der Waals surface area contributed by atoms with Crippen LogP contribution in [0.5, 0.6) is 0 Å². The summed E-state index contributed by atoms with van der Waals surface area (Å²) in [6.45, 7) is 1.43. The van der Waals surface area contributed by atoms with Crippen molar-refractivity contribution in [3.8, 4) is 0 Å². The molecule has 2 unspecified atom stereocenters. The van der Waals surface area contributed by atoms with E-state index in [1.54, 1.807) is 19.2 Å². The van der Waals surface area contributed by atoms with Crippen LogP contribution in [-0.2, 0) is 24.0 Å². The van der Waals surface area contributed by atoms with E-state index in [2.05, 4.69) is 10.7 Å². The summed E-state index contributed by atoms with van der Waals surface area (Å²) in [5.74, 6) is -3.35. The van der Waals surface area contributed by atoms with E-state index >= 15 is 0 Å². The molecule has 14 nitrogen and oxygen atoms in total. The first kappa shape index (κ1) is 27.1. The Hall–Kier alpha value is -4.49. The maximum Gasteiger partial charge on any atom is 0.358 e. The van der Waals surface area contributed by atoms with Crippen molar-refractivity contribution in [3.05, 3.63) is 29.8 Å². The number of benzene rings is 1. The highest BCUT2D eigenvalue weighted by Gasteiger charge is 2.44. The Kier molecular flexibility index (Phi) is 8.42. The van der Waals surface area contributed by atoms with Crippen molar-refractivity contribution in [2.45, 2.75) is 44.7 Å². The molecule has 1 aromatic rings. The summed E-state index contributed by atoms with van der Waals surface area (Å²) in [6, 6.07) is 2.76. The Morgan fingerprint density at radius 2 is 1.84 bits per heavy atom. The minimum absolute atomic E-state index is 0.116. The summed E-state index contributed by atoms with van der Waals surface area (Å²) >= 11 is 0. The quantitative estimate of drug-likeness (QED) is 0.388. The number of amides is 6. The van der Waals surface area contributed by atoms with E-state index in [0.29, 0.717) is 12.1 Å². The van der Waals surface area contributed by atoms with Gasteiger partial charge in [0.05, 0.1) is 19.0 Å². The highest BCUT2D eigenvalue weighted by Crippen LogP contribution is 2.24. The highest BCUT2D eigenvalue weighted by atomic mass is 16.4. The van der Waals surface area contributed by atoms with Gasteiger partial charge in [0, 0.05) is 38.2 Å². The molecule has 2 atom stereocenters. The van der Waals surface area contributed by atoms with E-state index in [1.807, 2.05) is 0 Å². The molecule has 3 rings (SSSR count). The maximum atomic E-state index is 13.4. The van der Waals surface area contributed by atoms with E-state index < -0.39 is 48.2 Å². The van der Waals surface area contributed by atoms with Crippen LogP contribution in [0.15, 0.2) is 24.3 Å².